The van der Waals surface area contributed by atoms with Crippen molar-refractivity contribution in [3.8, 4) is 0 Å². The van der Waals surface area contributed by atoms with E-state index < -0.39 is 5.82 Å². The lowest BCUT2D eigenvalue weighted by molar-refractivity contribution is -0.120. The number of nitrogens with zero attached hydrogens (tertiary/aromatic N) is 1. The van der Waals surface area contributed by atoms with Crippen LogP contribution in [0.1, 0.15) is 18.1 Å². The number of aryl methyl sites for hydroxylation is 2. The lowest BCUT2D eigenvalue weighted by atomic mass is 10.1. The van der Waals surface area contributed by atoms with Gasteiger partial charge in [-0.2, -0.15) is 0 Å². The average Bonchev–Trinajstić information content (AvgIpc) is 2.50. The Morgan fingerprint density at radius 3 is 2.46 bits per heavy atom. The van der Waals surface area contributed by atoms with Gasteiger partial charge in [-0.05, 0) is 43.7 Å². The van der Waals surface area contributed by atoms with Gasteiger partial charge in [0.2, 0.25) is 11.8 Å². The maximum absolute atomic E-state index is 13.3. The maximum Gasteiger partial charge on any atom is 0.244 e. The van der Waals surface area contributed by atoms with E-state index in [0.29, 0.717) is 11.4 Å². The van der Waals surface area contributed by atoms with E-state index in [1.54, 1.807) is 0 Å². The number of hydrogen-bond acceptors (Lipinski definition) is 2. The van der Waals surface area contributed by atoms with Crippen molar-refractivity contribution in [1.82, 2.24) is 0 Å². The van der Waals surface area contributed by atoms with Crippen LogP contribution in [0.3, 0.4) is 0 Å². The Hall–Kier alpha value is -2.40. The maximum atomic E-state index is 13.3. The summed E-state index contributed by atoms with van der Waals surface area (Å²) in [5.41, 5.74) is 3.08. The second-order valence-electron chi connectivity index (χ2n) is 5.57. The molecule has 0 aliphatic rings. The topological polar surface area (TPSA) is 49.4 Å². The molecule has 0 fully saturated rings. The van der Waals surface area contributed by atoms with Gasteiger partial charge in [0.15, 0.2) is 0 Å². The standard InChI is InChI=1S/C18H18ClFN2O2/c1-11-4-7-17(12(2)8-11)21-18(24)10-22(13(3)23)14-5-6-16(20)15(19)9-14/h4-9H,10H2,1-3H3,(H,21,24). The molecule has 0 saturated heterocycles. The molecule has 0 heterocycles. The molecule has 6 heteroatoms. The van der Waals surface area contributed by atoms with E-state index in [2.05, 4.69) is 5.32 Å². The van der Waals surface area contributed by atoms with Gasteiger partial charge in [-0.25, -0.2) is 4.39 Å². The minimum atomic E-state index is -0.580. The number of amides is 2. The van der Waals surface area contributed by atoms with Crippen LogP contribution < -0.4 is 10.2 Å². The molecule has 24 heavy (non-hydrogen) atoms. The molecule has 2 rings (SSSR count). The monoisotopic (exact) mass is 348 g/mol. The Balaban J connectivity index is 2.16. The van der Waals surface area contributed by atoms with Gasteiger partial charge in [0.05, 0.1) is 5.02 Å². The molecule has 0 aliphatic carbocycles. The third-order valence-electron chi connectivity index (χ3n) is 3.55. The molecule has 1 N–H and O–H groups in total. The summed E-state index contributed by atoms with van der Waals surface area (Å²) in [6.07, 6.45) is 0. The molecule has 0 aliphatic heterocycles. The summed E-state index contributed by atoms with van der Waals surface area (Å²) < 4.78 is 13.3. The van der Waals surface area contributed by atoms with Crippen LogP contribution >= 0.6 is 11.6 Å². The molecule has 2 aromatic carbocycles. The first kappa shape index (κ1) is 17.9. The quantitative estimate of drug-likeness (QED) is 0.904. The minimum absolute atomic E-state index is 0.103. The Labute approximate surface area is 145 Å². The second kappa shape index (κ2) is 7.45. The van der Waals surface area contributed by atoms with Gasteiger partial charge in [0, 0.05) is 18.3 Å². The fourth-order valence-electron chi connectivity index (χ4n) is 2.32. The summed E-state index contributed by atoms with van der Waals surface area (Å²) in [6.45, 7) is 5.01. The molecule has 2 amide bonds. The van der Waals surface area contributed by atoms with Crippen molar-refractivity contribution in [2.24, 2.45) is 0 Å². The van der Waals surface area contributed by atoms with Crippen molar-refractivity contribution in [3.05, 3.63) is 58.4 Å². The number of carbonyl (C=O) groups is 2. The summed E-state index contributed by atoms with van der Waals surface area (Å²) in [4.78, 5) is 25.4. The summed E-state index contributed by atoms with van der Waals surface area (Å²) in [5, 5.41) is 2.68. The molecule has 0 spiro atoms. The van der Waals surface area contributed by atoms with Gasteiger partial charge in [-0.3, -0.25) is 9.59 Å². The van der Waals surface area contributed by atoms with Crippen molar-refractivity contribution in [2.45, 2.75) is 20.8 Å². The van der Waals surface area contributed by atoms with Crippen LogP contribution in [0.15, 0.2) is 36.4 Å². The Kier molecular flexibility index (Phi) is 5.57. The van der Waals surface area contributed by atoms with Gasteiger partial charge in [0.1, 0.15) is 12.4 Å². The van der Waals surface area contributed by atoms with E-state index in [9.17, 15) is 14.0 Å². The van der Waals surface area contributed by atoms with Crippen molar-refractivity contribution in [3.63, 3.8) is 0 Å². The van der Waals surface area contributed by atoms with Crippen LogP contribution in [-0.4, -0.2) is 18.4 Å². The molecule has 0 radical (unpaired) electrons. The molecular weight excluding hydrogens is 331 g/mol. The number of benzene rings is 2. The summed E-state index contributed by atoms with van der Waals surface area (Å²) in [6, 6.07) is 9.56. The Morgan fingerprint density at radius 1 is 1.17 bits per heavy atom. The predicted molar refractivity (Wildman–Crippen MR) is 94.0 cm³/mol. The normalized spacial score (nSPS) is 10.4. The van der Waals surface area contributed by atoms with Crippen molar-refractivity contribution < 1.29 is 14.0 Å². The van der Waals surface area contributed by atoms with Gasteiger partial charge < -0.3 is 10.2 Å². The van der Waals surface area contributed by atoms with Crippen molar-refractivity contribution in [1.29, 1.82) is 0 Å². The van der Waals surface area contributed by atoms with Crippen LogP contribution in [0.2, 0.25) is 5.02 Å². The van der Waals surface area contributed by atoms with Crippen molar-refractivity contribution >= 4 is 34.8 Å². The first-order chi connectivity index (χ1) is 11.3. The zero-order valence-corrected chi connectivity index (χ0v) is 14.4. The Bertz CT molecular complexity index is 793. The van der Waals surface area contributed by atoms with Crippen LogP contribution in [-0.2, 0) is 9.59 Å². The Morgan fingerprint density at radius 2 is 1.88 bits per heavy atom. The van der Waals surface area contributed by atoms with Crippen LogP contribution in [0.4, 0.5) is 15.8 Å². The fourth-order valence-corrected chi connectivity index (χ4v) is 2.50. The smallest absolute Gasteiger partial charge is 0.244 e. The zero-order chi connectivity index (χ0) is 17.9. The number of halogens is 2. The molecule has 0 atom stereocenters. The lowest BCUT2D eigenvalue weighted by Crippen LogP contribution is -2.36. The summed E-state index contributed by atoms with van der Waals surface area (Å²) in [7, 11) is 0. The van der Waals surface area contributed by atoms with Crippen molar-refractivity contribution in [2.75, 3.05) is 16.8 Å². The number of rotatable bonds is 4. The van der Waals surface area contributed by atoms with Gasteiger partial charge in [-0.1, -0.05) is 29.3 Å². The average molecular weight is 349 g/mol. The van der Waals surface area contributed by atoms with E-state index in [4.69, 9.17) is 11.6 Å². The van der Waals surface area contributed by atoms with E-state index in [0.717, 1.165) is 17.2 Å². The fraction of sp³-hybridized carbons (Fsp3) is 0.222. The van der Waals surface area contributed by atoms with Gasteiger partial charge in [-0.15, -0.1) is 0 Å². The minimum Gasteiger partial charge on any atom is -0.324 e. The molecule has 0 saturated carbocycles. The second-order valence-corrected chi connectivity index (χ2v) is 5.98. The van der Waals surface area contributed by atoms with E-state index >= 15 is 0 Å². The van der Waals surface area contributed by atoms with E-state index in [1.807, 2.05) is 32.0 Å². The molecule has 2 aromatic rings. The predicted octanol–water partition coefficient (Wildman–Crippen LogP) is 4.09. The number of anilines is 2. The van der Waals surface area contributed by atoms with Gasteiger partial charge in [0.25, 0.3) is 0 Å². The SMILES string of the molecule is CC(=O)N(CC(=O)Nc1ccc(C)cc1C)c1ccc(F)c(Cl)c1. The number of hydrogen-bond donors (Lipinski definition) is 1. The highest BCUT2D eigenvalue weighted by atomic mass is 35.5. The number of nitrogens with one attached hydrogen (secondary N) is 1. The van der Waals surface area contributed by atoms with E-state index in [1.165, 1.54) is 24.0 Å². The van der Waals surface area contributed by atoms with Gasteiger partial charge >= 0.3 is 0 Å². The first-order valence-electron chi connectivity index (χ1n) is 7.38. The third-order valence-corrected chi connectivity index (χ3v) is 3.84. The summed E-state index contributed by atoms with van der Waals surface area (Å²) in [5.74, 6) is -1.27. The van der Waals surface area contributed by atoms with Crippen LogP contribution in [0.5, 0.6) is 0 Å². The summed E-state index contributed by atoms with van der Waals surface area (Å²) >= 11 is 5.75. The van der Waals surface area contributed by atoms with Crippen LogP contribution in [0, 0.1) is 19.7 Å². The molecule has 0 aromatic heterocycles. The first-order valence-corrected chi connectivity index (χ1v) is 7.76. The lowest BCUT2D eigenvalue weighted by Gasteiger charge is -2.21. The van der Waals surface area contributed by atoms with Crippen LogP contribution in [0.25, 0.3) is 0 Å². The largest absolute Gasteiger partial charge is 0.324 e. The third kappa shape index (κ3) is 4.32. The molecule has 4 nitrogen and oxygen atoms in total. The molecule has 0 unspecified atom stereocenters. The van der Waals surface area contributed by atoms with E-state index in [-0.39, 0.29) is 23.4 Å². The highest BCUT2D eigenvalue weighted by Gasteiger charge is 2.17. The molecule has 0 bridgehead atoms. The molecule has 126 valence electrons. The number of carbonyl (C=O) groups excluding carboxylic acids is 2. The molecular formula is C18H18ClFN2O2. The highest BCUT2D eigenvalue weighted by molar-refractivity contribution is 6.31. The highest BCUT2D eigenvalue weighted by Crippen LogP contribution is 2.23. The zero-order valence-electron chi connectivity index (χ0n) is 13.7.